The average molecular weight is 398 g/mol. The maximum atomic E-state index is 13.4. The zero-order valence-corrected chi connectivity index (χ0v) is 15.7. The van der Waals surface area contributed by atoms with Gasteiger partial charge < -0.3 is 9.88 Å². The van der Waals surface area contributed by atoms with Gasteiger partial charge in [-0.3, -0.25) is 14.7 Å². The third-order valence-electron chi connectivity index (χ3n) is 4.89. The Balaban J connectivity index is 1.37. The number of carbonyl (C=O) groups excluding carboxylic acids is 1. The number of rotatable bonds is 5. The Kier molecular flexibility index (Phi) is 5.57. The molecule has 3 aromatic rings. The van der Waals surface area contributed by atoms with Crippen LogP contribution in [-0.4, -0.2) is 43.6 Å². The fourth-order valence-electron chi connectivity index (χ4n) is 3.36. The van der Waals surface area contributed by atoms with Crippen molar-refractivity contribution in [2.45, 2.75) is 26.1 Å². The van der Waals surface area contributed by atoms with E-state index in [0.29, 0.717) is 37.6 Å². The van der Waals surface area contributed by atoms with Crippen LogP contribution in [0.3, 0.4) is 0 Å². The number of benzene rings is 1. The molecule has 150 valence electrons. The number of pyridine rings is 1. The van der Waals surface area contributed by atoms with Crippen LogP contribution in [-0.2, 0) is 26.1 Å². The molecule has 29 heavy (non-hydrogen) atoms. The van der Waals surface area contributed by atoms with Gasteiger partial charge in [0.1, 0.15) is 11.5 Å². The van der Waals surface area contributed by atoms with E-state index < -0.39 is 11.6 Å². The molecule has 0 bridgehead atoms. The summed E-state index contributed by atoms with van der Waals surface area (Å²) in [6.07, 6.45) is 2.25. The van der Waals surface area contributed by atoms with Crippen molar-refractivity contribution in [1.82, 2.24) is 30.0 Å². The number of hydrogen-bond acceptors (Lipinski definition) is 5. The van der Waals surface area contributed by atoms with Gasteiger partial charge in [0.15, 0.2) is 17.5 Å². The van der Waals surface area contributed by atoms with Crippen LogP contribution in [0.4, 0.5) is 8.78 Å². The number of nitrogens with zero attached hydrogens (tertiary/aromatic N) is 5. The predicted octanol–water partition coefficient (Wildman–Crippen LogP) is 1.94. The minimum absolute atomic E-state index is 0.256. The summed E-state index contributed by atoms with van der Waals surface area (Å²) in [5.74, 6) is -0.413. The largest absolute Gasteiger partial charge is 0.343 e. The maximum Gasteiger partial charge on any atom is 0.270 e. The molecule has 0 saturated carbocycles. The Bertz CT molecular complexity index is 1010. The second-order valence-corrected chi connectivity index (χ2v) is 6.86. The lowest BCUT2D eigenvalue weighted by Gasteiger charge is -2.19. The topological polar surface area (TPSA) is 75.9 Å². The molecule has 9 heteroatoms. The van der Waals surface area contributed by atoms with Crippen molar-refractivity contribution >= 4 is 5.91 Å². The molecule has 0 radical (unpaired) electrons. The zero-order chi connectivity index (χ0) is 20.2. The molecule has 0 aliphatic carbocycles. The SMILES string of the molecule is O=C(NCc1nnc2n1CCN(Cc1ccc(F)c(F)c1)CC2)c1ccccn1. The van der Waals surface area contributed by atoms with Gasteiger partial charge in [0, 0.05) is 38.8 Å². The number of nitrogens with one attached hydrogen (secondary N) is 1. The van der Waals surface area contributed by atoms with E-state index in [2.05, 4.69) is 25.4 Å². The fraction of sp³-hybridized carbons (Fsp3) is 0.300. The van der Waals surface area contributed by atoms with Crippen molar-refractivity contribution in [2.75, 3.05) is 13.1 Å². The van der Waals surface area contributed by atoms with Crippen LogP contribution in [0.25, 0.3) is 0 Å². The van der Waals surface area contributed by atoms with Gasteiger partial charge in [-0.1, -0.05) is 12.1 Å². The lowest BCUT2D eigenvalue weighted by atomic mass is 10.2. The first-order chi connectivity index (χ1) is 14.1. The summed E-state index contributed by atoms with van der Waals surface area (Å²) >= 11 is 0. The lowest BCUT2D eigenvalue weighted by Crippen LogP contribution is -2.28. The van der Waals surface area contributed by atoms with Gasteiger partial charge in [-0.05, 0) is 29.8 Å². The molecule has 1 N–H and O–H groups in total. The molecule has 1 amide bonds. The fourth-order valence-corrected chi connectivity index (χ4v) is 3.36. The smallest absolute Gasteiger partial charge is 0.270 e. The standard InChI is InChI=1S/C20H20F2N6O/c21-15-5-4-14(11-16(15)22)13-27-8-6-18-25-26-19(28(18)10-9-27)12-24-20(29)17-3-1-2-7-23-17/h1-5,7,11H,6,8-10,12-13H2,(H,24,29). The van der Waals surface area contributed by atoms with Crippen molar-refractivity contribution in [3.63, 3.8) is 0 Å². The number of aromatic nitrogens is 4. The summed E-state index contributed by atoms with van der Waals surface area (Å²) in [5, 5.41) is 11.3. The third-order valence-corrected chi connectivity index (χ3v) is 4.89. The molecule has 4 rings (SSSR count). The number of hydrogen-bond donors (Lipinski definition) is 1. The Hall–Kier alpha value is -3.20. The Labute approximate surface area is 166 Å². The molecular weight excluding hydrogens is 378 g/mol. The van der Waals surface area contributed by atoms with E-state index in [9.17, 15) is 13.6 Å². The minimum atomic E-state index is -0.840. The van der Waals surface area contributed by atoms with Crippen LogP contribution in [0.1, 0.15) is 27.7 Å². The van der Waals surface area contributed by atoms with E-state index >= 15 is 0 Å². The van der Waals surface area contributed by atoms with Gasteiger partial charge >= 0.3 is 0 Å². The zero-order valence-electron chi connectivity index (χ0n) is 15.7. The highest BCUT2D eigenvalue weighted by atomic mass is 19.2. The summed E-state index contributed by atoms with van der Waals surface area (Å²) < 4.78 is 28.6. The number of fused-ring (bicyclic) bond motifs is 1. The number of halogens is 2. The monoisotopic (exact) mass is 398 g/mol. The summed E-state index contributed by atoms with van der Waals surface area (Å²) in [5.41, 5.74) is 1.07. The first kappa shape index (κ1) is 19.1. The molecular formula is C20H20F2N6O. The highest BCUT2D eigenvalue weighted by molar-refractivity contribution is 5.92. The van der Waals surface area contributed by atoms with Gasteiger partial charge in [-0.25, -0.2) is 8.78 Å². The van der Waals surface area contributed by atoms with Crippen molar-refractivity contribution in [2.24, 2.45) is 0 Å². The molecule has 1 aliphatic heterocycles. The van der Waals surface area contributed by atoms with E-state index in [1.165, 1.54) is 6.07 Å². The lowest BCUT2D eigenvalue weighted by molar-refractivity contribution is 0.0944. The number of carbonyl (C=O) groups is 1. The second kappa shape index (κ2) is 8.44. The summed E-state index contributed by atoms with van der Waals surface area (Å²) in [6.45, 7) is 2.89. The highest BCUT2D eigenvalue weighted by Gasteiger charge is 2.19. The summed E-state index contributed by atoms with van der Waals surface area (Å²) in [7, 11) is 0. The highest BCUT2D eigenvalue weighted by Crippen LogP contribution is 2.15. The van der Waals surface area contributed by atoms with E-state index in [-0.39, 0.29) is 12.5 Å². The number of amides is 1. The summed E-state index contributed by atoms with van der Waals surface area (Å²) in [4.78, 5) is 18.4. The second-order valence-electron chi connectivity index (χ2n) is 6.86. The normalized spacial score (nSPS) is 14.3. The molecule has 2 aromatic heterocycles. The molecule has 0 unspecified atom stereocenters. The van der Waals surface area contributed by atoms with Crippen LogP contribution >= 0.6 is 0 Å². The predicted molar refractivity (Wildman–Crippen MR) is 101 cm³/mol. The molecule has 0 saturated heterocycles. The van der Waals surface area contributed by atoms with E-state index in [4.69, 9.17) is 0 Å². The Morgan fingerprint density at radius 1 is 1.07 bits per heavy atom. The van der Waals surface area contributed by atoms with Crippen LogP contribution in [0.2, 0.25) is 0 Å². The molecule has 1 aliphatic rings. The quantitative estimate of drug-likeness (QED) is 0.711. The van der Waals surface area contributed by atoms with Gasteiger partial charge in [0.25, 0.3) is 5.91 Å². The van der Waals surface area contributed by atoms with E-state index in [1.54, 1.807) is 30.5 Å². The first-order valence-electron chi connectivity index (χ1n) is 9.36. The third kappa shape index (κ3) is 4.45. The molecule has 0 spiro atoms. The van der Waals surface area contributed by atoms with Gasteiger partial charge in [-0.2, -0.15) is 0 Å². The van der Waals surface area contributed by atoms with Crippen molar-refractivity contribution in [3.05, 3.63) is 77.1 Å². The molecule has 0 fully saturated rings. The Morgan fingerprint density at radius 2 is 1.97 bits per heavy atom. The van der Waals surface area contributed by atoms with Crippen LogP contribution in [0, 0.1) is 11.6 Å². The molecule has 3 heterocycles. The average Bonchev–Trinajstić information content (AvgIpc) is 3.02. The van der Waals surface area contributed by atoms with Crippen molar-refractivity contribution in [1.29, 1.82) is 0 Å². The minimum Gasteiger partial charge on any atom is -0.343 e. The molecule has 1 aromatic carbocycles. The van der Waals surface area contributed by atoms with Crippen molar-refractivity contribution < 1.29 is 13.6 Å². The van der Waals surface area contributed by atoms with Gasteiger partial charge in [0.05, 0.1) is 6.54 Å². The van der Waals surface area contributed by atoms with Crippen LogP contribution in [0.5, 0.6) is 0 Å². The van der Waals surface area contributed by atoms with Crippen LogP contribution < -0.4 is 5.32 Å². The van der Waals surface area contributed by atoms with Gasteiger partial charge in [0.2, 0.25) is 0 Å². The van der Waals surface area contributed by atoms with Gasteiger partial charge in [-0.15, -0.1) is 10.2 Å². The van der Waals surface area contributed by atoms with Crippen LogP contribution in [0.15, 0.2) is 42.6 Å². The molecule has 0 atom stereocenters. The van der Waals surface area contributed by atoms with E-state index in [0.717, 1.165) is 24.0 Å². The maximum absolute atomic E-state index is 13.4. The molecule has 7 nitrogen and oxygen atoms in total. The Morgan fingerprint density at radius 3 is 2.76 bits per heavy atom. The van der Waals surface area contributed by atoms with E-state index in [1.807, 2.05) is 4.57 Å². The first-order valence-corrected chi connectivity index (χ1v) is 9.36. The van der Waals surface area contributed by atoms with Crippen molar-refractivity contribution in [3.8, 4) is 0 Å². The summed E-state index contributed by atoms with van der Waals surface area (Å²) in [6, 6.07) is 9.14.